The average molecular weight is 455 g/mol. The Hall–Kier alpha value is -3.09. The lowest BCUT2D eigenvalue weighted by Crippen LogP contribution is -2.16. The van der Waals surface area contributed by atoms with Gasteiger partial charge in [0.1, 0.15) is 5.82 Å². The fourth-order valence-electron chi connectivity index (χ4n) is 3.10. The van der Waals surface area contributed by atoms with Crippen molar-refractivity contribution in [3.63, 3.8) is 0 Å². The van der Waals surface area contributed by atoms with Crippen molar-refractivity contribution in [3.05, 3.63) is 88.0 Å². The van der Waals surface area contributed by atoms with Gasteiger partial charge in [0.2, 0.25) is 5.91 Å². The number of aromatic nitrogens is 3. The van der Waals surface area contributed by atoms with Gasteiger partial charge >= 0.3 is 0 Å². The number of carbonyl (C=O) groups is 1. The summed E-state index contributed by atoms with van der Waals surface area (Å²) in [4.78, 5) is 16.7. The van der Waals surface area contributed by atoms with Gasteiger partial charge in [-0.2, -0.15) is 5.10 Å². The molecule has 0 fully saturated rings. The lowest BCUT2D eigenvalue weighted by molar-refractivity contribution is -0.116. The highest BCUT2D eigenvalue weighted by Crippen LogP contribution is 2.30. The molecule has 4 aromatic rings. The van der Waals surface area contributed by atoms with E-state index in [9.17, 15) is 4.79 Å². The summed E-state index contributed by atoms with van der Waals surface area (Å²) in [5.41, 5.74) is 3.01. The molecule has 0 atom stereocenters. The highest BCUT2D eigenvalue weighted by Gasteiger charge is 2.13. The molecule has 1 N–H and O–H groups in total. The molecule has 0 aliphatic rings. The van der Waals surface area contributed by atoms with Crippen molar-refractivity contribution in [3.8, 4) is 11.3 Å². The van der Waals surface area contributed by atoms with Gasteiger partial charge in [-0.3, -0.25) is 4.79 Å². The van der Waals surface area contributed by atoms with Crippen LogP contribution in [0.25, 0.3) is 11.3 Å². The molecule has 0 radical (unpaired) electrons. The molecule has 4 rings (SSSR count). The maximum absolute atomic E-state index is 12.4. The Labute approximate surface area is 189 Å². The zero-order valence-corrected chi connectivity index (χ0v) is 18.3. The molecule has 0 spiro atoms. The first-order valence-electron chi connectivity index (χ1n) is 9.75. The van der Waals surface area contributed by atoms with Crippen LogP contribution in [0.15, 0.2) is 65.3 Å². The molecule has 0 bridgehead atoms. The van der Waals surface area contributed by atoms with E-state index in [2.05, 4.69) is 39.7 Å². The molecule has 0 saturated carbocycles. The Morgan fingerprint density at radius 1 is 1.13 bits per heavy atom. The summed E-state index contributed by atoms with van der Waals surface area (Å²) in [7, 11) is 0. The zero-order valence-electron chi connectivity index (χ0n) is 16.8. The summed E-state index contributed by atoms with van der Waals surface area (Å²) in [6.07, 6.45) is 3.85. The first-order valence-corrected chi connectivity index (χ1v) is 10.5. The lowest BCUT2D eigenvalue weighted by atomic mass is 10.1. The topological polar surface area (TPSA) is 73.0 Å². The number of aryl methyl sites for hydroxylation is 2. The second-order valence-electron chi connectivity index (χ2n) is 7.15. The predicted octanol–water partition coefficient (Wildman–Crippen LogP) is 5.77. The van der Waals surface area contributed by atoms with Crippen molar-refractivity contribution in [2.75, 3.05) is 5.32 Å². The van der Waals surface area contributed by atoms with E-state index in [1.165, 1.54) is 5.56 Å². The molecule has 1 amide bonds. The predicted molar refractivity (Wildman–Crippen MR) is 121 cm³/mol. The molecule has 8 heteroatoms. The van der Waals surface area contributed by atoms with Crippen LogP contribution < -0.4 is 5.32 Å². The minimum Gasteiger partial charge on any atom is -0.441 e. The number of rotatable bonds is 7. The van der Waals surface area contributed by atoms with E-state index in [1.807, 2.05) is 6.92 Å². The van der Waals surface area contributed by atoms with Gasteiger partial charge < -0.3 is 9.73 Å². The zero-order chi connectivity index (χ0) is 21.8. The SMILES string of the molecule is Cc1ccc(Cn2nccc2NC(=O)CCc2ncc(-c3ccc(Cl)cc3Cl)o2)cc1. The second kappa shape index (κ2) is 9.37. The van der Waals surface area contributed by atoms with Crippen LogP contribution in [0.4, 0.5) is 5.82 Å². The van der Waals surface area contributed by atoms with Gasteiger partial charge in [-0.25, -0.2) is 9.67 Å². The third-order valence-electron chi connectivity index (χ3n) is 4.75. The Bertz CT molecular complexity index is 1200. The van der Waals surface area contributed by atoms with E-state index in [1.54, 1.807) is 41.3 Å². The maximum atomic E-state index is 12.4. The van der Waals surface area contributed by atoms with Crippen LogP contribution >= 0.6 is 23.2 Å². The molecule has 2 heterocycles. The van der Waals surface area contributed by atoms with Crippen molar-refractivity contribution in [1.29, 1.82) is 0 Å². The van der Waals surface area contributed by atoms with E-state index in [0.29, 0.717) is 46.0 Å². The monoisotopic (exact) mass is 454 g/mol. The van der Waals surface area contributed by atoms with Gasteiger partial charge in [-0.05, 0) is 30.7 Å². The molecule has 31 heavy (non-hydrogen) atoms. The summed E-state index contributed by atoms with van der Waals surface area (Å²) >= 11 is 12.1. The van der Waals surface area contributed by atoms with Gasteiger partial charge in [0.15, 0.2) is 11.7 Å². The van der Waals surface area contributed by atoms with Crippen LogP contribution in [0.2, 0.25) is 10.0 Å². The van der Waals surface area contributed by atoms with Crippen LogP contribution in [0, 0.1) is 6.92 Å². The van der Waals surface area contributed by atoms with Crippen molar-refractivity contribution in [2.24, 2.45) is 0 Å². The number of halogens is 2. The lowest BCUT2D eigenvalue weighted by Gasteiger charge is -2.09. The summed E-state index contributed by atoms with van der Waals surface area (Å²) < 4.78 is 7.51. The average Bonchev–Trinajstić information content (AvgIpc) is 3.38. The summed E-state index contributed by atoms with van der Waals surface area (Å²) in [5.74, 6) is 1.50. The van der Waals surface area contributed by atoms with E-state index in [0.717, 1.165) is 5.56 Å². The minimum atomic E-state index is -0.144. The van der Waals surface area contributed by atoms with Crippen molar-refractivity contribution < 1.29 is 9.21 Å². The molecule has 2 aromatic carbocycles. The van der Waals surface area contributed by atoms with Gasteiger partial charge in [0.25, 0.3) is 0 Å². The second-order valence-corrected chi connectivity index (χ2v) is 7.99. The highest BCUT2D eigenvalue weighted by atomic mass is 35.5. The third kappa shape index (κ3) is 5.34. The summed E-state index contributed by atoms with van der Waals surface area (Å²) in [5, 5.41) is 8.24. The Morgan fingerprint density at radius 3 is 2.71 bits per heavy atom. The minimum absolute atomic E-state index is 0.144. The molecule has 0 saturated heterocycles. The molecule has 6 nitrogen and oxygen atoms in total. The first kappa shape index (κ1) is 21.2. The Kier molecular flexibility index (Phi) is 6.39. The Morgan fingerprint density at radius 2 is 1.94 bits per heavy atom. The van der Waals surface area contributed by atoms with Gasteiger partial charge in [0, 0.05) is 29.5 Å². The van der Waals surface area contributed by atoms with Gasteiger partial charge in [0.05, 0.1) is 24.0 Å². The number of hydrogen-bond donors (Lipinski definition) is 1. The number of benzene rings is 2. The molecule has 2 aromatic heterocycles. The third-order valence-corrected chi connectivity index (χ3v) is 5.30. The molecule has 158 valence electrons. The Balaban J connectivity index is 1.35. The molecular weight excluding hydrogens is 435 g/mol. The van der Waals surface area contributed by atoms with Crippen molar-refractivity contribution in [2.45, 2.75) is 26.3 Å². The fraction of sp³-hybridized carbons (Fsp3) is 0.174. The fourth-order valence-corrected chi connectivity index (χ4v) is 3.60. The van der Waals surface area contributed by atoms with Crippen LogP contribution in [0.1, 0.15) is 23.4 Å². The molecule has 0 aliphatic carbocycles. The number of amides is 1. The van der Waals surface area contributed by atoms with E-state index >= 15 is 0 Å². The van der Waals surface area contributed by atoms with Crippen LogP contribution in [0.3, 0.4) is 0 Å². The standard InChI is InChI=1S/C23H20Cl2N4O2/c1-15-2-4-16(5-3-15)14-29-21(10-11-27-29)28-22(30)8-9-23-26-13-20(31-23)18-7-6-17(24)12-19(18)25/h2-7,10-13H,8-9,14H2,1H3,(H,28,30). The van der Waals surface area contributed by atoms with Gasteiger partial charge in [-0.1, -0.05) is 53.0 Å². The van der Waals surface area contributed by atoms with Crippen LogP contribution in [-0.2, 0) is 17.8 Å². The number of oxazole rings is 1. The van der Waals surface area contributed by atoms with E-state index < -0.39 is 0 Å². The van der Waals surface area contributed by atoms with E-state index in [4.69, 9.17) is 27.6 Å². The largest absolute Gasteiger partial charge is 0.441 e. The van der Waals surface area contributed by atoms with Gasteiger partial charge in [-0.15, -0.1) is 0 Å². The number of hydrogen-bond acceptors (Lipinski definition) is 4. The number of nitrogens with zero attached hydrogens (tertiary/aromatic N) is 3. The normalized spacial score (nSPS) is 10.9. The summed E-state index contributed by atoms with van der Waals surface area (Å²) in [6, 6.07) is 15.1. The van der Waals surface area contributed by atoms with Crippen molar-refractivity contribution >= 4 is 34.9 Å². The molecule has 0 unspecified atom stereocenters. The molecule has 0 aliphatic heterocycles. The van der Waals surface area contributed by atoms with E-state index in [-0.39, 0.29) is 12.3 Å². The number of nitrogens with one attached hydrogen (secondary N) is 1. The number of carbonyl (C=O) groups excluding carboxylic acids is 1. The van der Waals surface area contributed by atoms with Crippen LogP contribution in [-0.4, -0.2) is 20.7 Å². The number of anilines is 1. The quantitative estimate of drug-likeness (QED) is 0.384. The highest BCUT2D eigenvalue weighted by molar-refractivity contribution is 6.36. The smallest absolute Gasteiger partial charge is 0.226 e. The first-order chi connectivity index (χ1) is 15.0. The maximum Gasteiger partial charge on any atom is 0.226 e. The van der Waals surface area contributed by atoms with Crippen molar-refractivity contribution in [1.82, 2.24) is 14.8 Å². The molecular formula is C23H20Cl2N4O2. The van der Waals surface area contributed by atoms with Crippen LogP contribution in [0.5, 0.6) is 0 Å². The summed E-state index contributed by atoms with van der Waals surface area (Å²) in [6.45, 7) is 2.62.